The molecular weight excluding hydrogens is 426 g/mol. The summed E-state index contributed by atoms with van der Waals surface area (Å²) in [4.78, 5) is -0.231. The van der Waals surface area contributed by atoms with E-state index in [0.717, 1.165) is 19.4 Å². The first-order chi connectivity index (χ1) is 13.0. The largest absolute Gasteiger partial charge is 0.495 e. The summed E-state index contributed by atoms with van der Waals surface area (Å²) >= 11 is 5.83. The van der Waals surface area contributed by atoms with Crippen LogP contribution in [0.5, 0.6) is 5.75 Å². The number of halogens is 5. The number of aromatic nitrogens is 2. The number of ether oxygens (including phenoxy) is 1. The minimum atomic E-state index is -4.63. The van der Waals surface area contributed by atoms with Gasteiger partial charge in [0, 0.05) is 17.8 Å². The van der Waals surface area contributed by atoms with Crippen LogP contribution in [0, 0.1) is 5.82 Å². The molecule has 28 heavy (non-hydrogen) atoms. The Balaban J connectivity index is 2.00. The molecule has 0 saturated heterocycles. The number of fused-ring (bicyclic) bond motifs is 1. The molecule has 0 amide bonds. The summed E-state index contributed by atoms with van der Waals surface area (Å²) in [5, 5.41) is 4.21. The predicted molar refractivity (Wildman–Crippen MR) is 93.7 cm³/mol. The van der Waals surface area contributed by atoms with Gasteiger partial charge < -0.3 is 4.74 Å². The van der Waals surface area contributed by atoms with Crippen molar-refractivity contribution in [3.05, 3.63) is 53.1 Å². The predicted octanol–water partition coefficient (Wildman–Crippen LogP) is 4.04. The maximum atomic E-state index is 14.1. The van der Waals surface area contributed by atoms with E-state index in [2.05, 4.69) is 9.82 Å². The fourth-order valence-electron chi connectivity index (χ4n) is 2.54. The van der Waals surface area contributed by atoms with Gasteiger partial charge in [-0.3, -0.25) is 4.72 Å². The molecule has 3 aromatic rings. The summed E-state index contributed by atoms with van der Waals surface area (Å²) in [7, 11) is -3.13. The first kappa shape index (κ1) is 20.2. The third-order valence-corrected chi connectivity index (χ3v) is 5.34. The molecule has 6 nitrogen and oxygen atoms in total. The number of anilines is 1. The lowest BCUT2D eigenvalue weighted by Crippen LogP contribution is -2.16. The summed E-state index contributed by atoms with van der Waals surface area (Å²) in [6, 6.07) is 4.33. The standard InChI is InChI=1S/C16H12ClF4N3O3S/c1-27-14-4-9(6-16(19,20)21)11(18)5-12(14)23-28(25,26)15-7-22-24-8-10(17)2-3-13(15)24/h2-5,7-8,23H,6H2,1H3. The summed E-state index contributed by atoms with van der Waals surface area (Å²) in [5.41, 5.74) is -0.817. The zero-order valence-corrected chi connectivity index (χ0v) is 15.7. The van der Waals surface area contributed by atoms with Gasteiger partial charge in [-0.25, -0.2) is 17.3 Å². The van der Waals surface area contributed by atoms with Crippen molar-refractivity contribution in [1.82, 2.24) is 9.61 Å². The lowest BCUT2D eigenvalue weighted by Gasteiger charge is -2.14. The highest BCUT2D eigenvalue weighted by Crippen LogP contribution is 2.33. The summed E-state index contributed by atoms with van der Waals surface area (Å²) < 4.78 is 85.4. The summed E-state index contributed by atoms with van der Waals surface area (Å²) in [6.07, 6.45) is -3.70. The van der Waals surface area contributed by atoms with Gasteiger partial charge in [-0.1, -0.05) is 11.6 Å². The monoisotopic (exact) mass is 437 g/mol. The number of nitrogens with one attached hydrogen (secondary N) is 1. The molecule has 0 aliphatic rings. The number of pyridine rings is 1. The zero-order valence-electron chi connectivity index (χ0n) is 14.1. The molecule has 0 saturated carbocycles. The highest BCUT2D eigenvalue weighted by atomic mass is 35.5. The first-order valence-corrected chi connectivity index (χ1v) is 9.45. The second-order valence-corrected chi connectivity index (χ2v) is 7.81. The van der Waals surface area contributed by atoms with Crippen LogP contribution in [0.1, 0.15) is 5.56 Å². The second-order valence-electron chi connectivity index (χ2n) is 5.73. The minimum absolute atomic E-state index is 0.199. The normalized spacial score (nSPS) is 12.4. The smallest absolute Gasteiger partial charge is 0.393 e. The number of methoxy groups -OCH3 is 1. The molecule has 0 bridgehead atoms. The van der Waals surface area contributed by atoms with Gasteiger partial charge in [-0.2, -0.15) is 18.3 Å². The van der Waals surface area contributed by atoms with Crippen molar-refractivity contribution in [1.29, 1.82) is 0 Å². The van der Waals surface area contributed by atoms with Crippen molar-refractivity contribution < 1.29 is 30.7 Å². The molecule has 2 heterocycles. The van der Waals surface area contributed by atoms with Gasteiger partial charge in [0.1, 0.15) is 16.5 Å². The SMILES string of the molecule is COc1cc(CC(F)(F)F)c(F)cc1NS(=O)(=O)c1cnn2cc(Cl)ccc12. The van der Waals surface area contributed by atoms with E-state index < -0.39 is 34.0 Å². The maximum Gasteiger partial charge on any atom is 0.393 e. The molecule has 1 aromatic carbocycles. The van der Waals surface area contributed by atoms with Gasteiger partial charge in [-0.15, -0.1) is 0 Å². The number of hydrogen-bond acceptors (Lipinski definition) is 4. The number of alkyl halides is 3. The highest BCUT2D eigenvalue weighted by Gasteiger charge is 2.30. The Morgan fingerprint density at radius 3 is 2.64 bits per heavy atom. The Labute approximate surface area is 161 Å². The molecule has 0 radical (unpaired) electrons. The van der Waals surface area contributed by atoms with E-state index in [-0.39, 0.29) is 21.8 Å². The van der Waals surface area contributed by atoms with Crippen LogP contribution in [-0.2, 0) is 16.4 Å². The first-order valence-electron chi connectivity index (χ1n) is 7.59. The quantitative estimate of drug-likeness (QED) is 0.611. The molecule has 0 atom stereocenters. The number of benzene rings is 1. The molecule has 0 aliphatic carbocycles. The molecule has 0 spiro atoms. The minimum Gasteiger partial charge on any atom is -0.495 e. The molecule has 0 aliphatic heterocycles. The maximum absolute atomic E-state index is 14.1. The molecule has 1 N–H and O–H groups in total. The van der Waals surface area contributed by atoms with Crippen LogP contribution in [0.25, 0.3) is 5.52 Å². The molecule has 0 unspecified atom stereocenters. The molecule has 0 fully saturated rings. The fraction of sp³-hybridized carbons (Fsp3) is 0.188. The van der Waals surface area contributed by atoms with E-state index >= 15 is 0 Å². The topological polar surface area (TPSA) is 72.7 Å². The van der Waals surface area contributed by atoms with Crippen molar-refractivity contribution in [3.8, 4) is 5.75 Å². The van der Waals surface area contributed by atoms with Gasteiger partial charge in [0.2, 0.25) is 0 Å². The lowest BCUT2D eigenvalue weighted by molar-refractivity contribution is -0.127. The number of hydrogen-bond donors (Lipinski definition) is 1. The Morgan fingerprint density at radius 1 is 1.29 bits per heavy atom. The van der Waals surface area contributed by atoms with Crippen LogP contribution in [0.4, 0.5) is 23.2 Å². The van der Waals surface area contributed by atoms with Gasteiger partial charge in [-0.05, 0) is 18.2 Å². The van der Waals surface area contributed by atoms with Crippen LogP contribution in [0.3, 0.4) is 0 Å². The van der Waals surface area contributed by atoms with E-state index in [4.69, 9.17) is 16.3 Å². The average molecular weight is 438 g/mol. The van der Waals surface area contributed by atoms with Gasteiger partial charge in [0.25, 0.3) is 10.0 Å². The van der Waals surface area contributed by atoms with Crippen LogP contribution in [0.15, 0.2) is 41.6 Å². The van der Waals surface area contributed by atoms with Gasteiger partial charge >= 0.3 is 6.18 Å². The Kier molecular flexibility index (Phi) is 5.15. The van der Waals surface area contributed by atoms with Crippen LogP contribution >= 0.6 is 11.6 Å². The van der Waals surface area contributed by atoms with Crippen molar-refractivity contribution in [2.24, 2.45) is 0 Å². The number of nitrogens with zero attached hydrogens (tertiary/aromatic N) is 2. The molecule has 150 valence electrons. The third kappa shape index (κ3) is 4.14. The Morgan fingerprint density at radius 2 is 2.00 bits per heavy atom. The lowest BCUT2D eigenvalue weighted by atomic mass is 10.1. The van der Waals surface area contributed by atoms with Crippen molar-refractivity contribution in [3.63, 3.8) is 0 Å². The van der Waals surface area contributed by atoms with Crippen molar-refractivity contribution in [2.75, 3.05) is 11.8 Å². The van der Waals surface area contributed by atoms with Gasteiger partial charge in [0.15, 0.2) is 0 Å². The highest BCUT2D eigenvalue weighted by molar-refractivity contribution is 7.93. The van der Waals surface area contributed by atoms with E-state index in [1.165, 1.54) is 22.8 Å². The van der Waals surface area contributed by atoms with E-state index in [0.29, 0.717) is 11.1 Å². The third-order valence-electron chi connectivity index (χ3n) is 3.74. The molecule has 12 heteroatoms. The van der Waals surface area contributed by atoms with Crippen LogP contribution in [-0.4, -0.2) is 31.3 Å². The summed E-state index contributed by atoms with van der Waals surface area (Å²) in [5.74, 6) is -1.48. The second kappa shape index (κ2) is 7.13. The Bertz CT molecular complexity index is 1150. The average Bonchev–Trinajstić information content (AvgIpc) is 2.99. The van der Waals surface area contributed by atoms with E-state index in [1.54, 1.807) is 0 Å². The summed E-state index contributed by atoms with van der Waals surface area (Å²) in [6.45, 7) is 0. The van der Waals surface area contributed by atoms with Crippen LogP contribution in [0.2, 0.25) is 5.02 Å². The van der Waals surface area contributed by atoms with E-state index in [9.17, 15) is 26.0 Å². The molecular formula is C16H12ClF4N3O3S. The molecule has 2 aromatic heterocycles. The van der Waals surface area contributed by atoms with Crippen molar-refractivity contribution >= 4 is 32.8 Å². The fourth-order valence-corrected chi connectivity index (χ4v) is 3.88. The Hall–Kier alpha value is -2.53. The van der Waals surface area contributed by atoms with E-state index in [1.807, 2.05) is 0 Å². The number of sulfonamides is 1. The van der Waals surface area contributed by atoms with Crippen LogP contribution < -0.4 is 9.46 Å². The number of rotatable bonds is 5. The van der Waals surface area contributed by atoms with Gasteiger partial charge in [0.05, 0.1) is 36.0 Å². The zero-order chi connectivity index (χ0) is 20.7. The molecule has 3 rings (SSSR count). The van der Waals surface area contributed by atoms with Crippen molar-refractivity contribution in [2.45, 2.75) is 17.5 Å².